The van der Waals surface area contributed by atoms with Gasteiger partial charge in [-0.3, -0.25) is 0 Å². The lowest BCUT2D eigenvalue weighted by atomic mass is 9.69. The summed E-state index contributed by atoms with van der Waals surface area (Å²) in [7, 11) is 0. The van der Waals surface area contributed by atoms with E-state index in [0.29, 0.717) is 11.0 Å². The number of hydrogen-bond donors (Lipinski definition) is 1. The van der Waals surface area contributed by atoms with Crippen molar-refractivity contribution in [1.29, 1.82) is 0 Å². The summed E-state index contributed by atoms with van der Waals surface area (Å²) in [5.74, 6) is -0.200. The van der Waals surface area contributed by atoms with Gasteiger partial charge in [-0.1, -0.05) is 26.0 Å². The molecule has 0 amide bonds. The van der Waals surface area contributed by atoms with Gasteiger partial charge < -0.3 is 5.11 Å². The van der Waals surface area contributed by atoms with E-state index >= 15 is 0 Å². The molecule has 2 rings (SSSR count). The third-order valence-corrected chi connectivity index (χ3v) is 4.13. The van der Waals surface area contributed by atoms with E-state index in [-0.39, 0.29) is 5.82 Å². The summed E-state index contributed by atoms with van der Waals surface area (Å²) in [6, 6.07) is 4.97. The Balaban J connectivity index is 2.24. The third-order valence-electron chi connectivity index (χ3n) is 4.13. The van der Waals surface area contributed by atoms with Crippen LogP contribution in [0.5, 0.6) is 0 Å². The Morgan fingerprint density at radius 3 is 2.24 bits per heavy atom. The van der Waals surface area contributed by atoms with Crippen molar-refractivity contribution in [1.82, 2.24) is 0 Å². The maximum Gasteiger partial charge on any atom is 0.126 e. The van der Waals surface area contributed by atoms with Gasteiger partial charge in [0.25, 0.3) is 0 Å². The quantitative estimate of drug-likeness (QED) is 0.783. The number of hydrogen-bond acceptors (Lipinski definition) is 1. The molecule has 1 N–H and O–H groups in total. The predicted octanol–water partition coefficient (Wildman–Crippen LogP) is 3.92. The minimum Gasteiger partial charge on any atom is -0.385 e. The lowest BCUT2D eigenvalue weighted by molar-refractivity contribution is -0.0306. The molecule has 0 aliphatic heterocycles. The predicted molar refractivity (Wildman–Crippen MR) is 67.3 cm³/mol. The number of benzene rings is 1. The van der Waals surface area contributed by atoms with Crippen molar-refractivity contribution in [3.63, 3.8) is 0 Å². The summed E-state index contributed by atoms with van der Waals surface area (Å²) >= 11 is 0. The highest BCUT2D eigenvalue weighted by molar-refractivity contribution is 5.29. The Bertz CT molecular complexity index is 413. The highest BCUT2D eigenvalue weighted by Crippen LogP contribution is 2.45. The standard InChI is InChI=1S/C15H21FO/c1-11-10-12(4-5-13(11)16)15(17)8-6-14(2,3)7-9-15/h4-5,10,17H,6-9H2,1-3H3. The molecule has 2 heteroatoms. The Morgan fingerprint density at radius 2 is 1.71 bits per heavy atom. The Hall–Kier alpha value is -0.890. The van der Waals surface area contributed by atoms with Crippen molar-refractivity contribution in [3.8, 4) is 0 Å². The van der Waals surface area contributed by atoms with Gasteiger partial charge in [0.15, 0.2) is 0 Å². The first kappa shape index (κ1) is 12.6. The molecular formula is C15H21FO. The van der Waals surface area contributed by atoms with E-state index < -0.39 is 5.60 Å². The zero-order chi connectivity index (χ0) is 12.7. The fourth-order valence-corrected chi connectivity index (χ4v) is 2.56. The van der Waals surface area contributed by atoms with Gasteiger partial charge in [-0.15, -0.1) is 0 Å². The van der Waals surface area contributed by atoms with Crippen molar-refractivity contribution in [2.75, 3.05) is 0 Å². The molecule has 1 nitrogen and oxygen atoms in total. The summed E-state index contributed by atoms with van der Waals surface area (Å²) in [4.78, 5) is 0. The number of halogens is 1. The van der Waals surface area contributed by atoms with Crippen LogP contribution in [0.25, 0.3) is 0 Å². The molecule has 0 unspecified atom stereocenters. The second kappa shape index (κ2) is 4.09. The van der Waals surface area contributed by atoms with Gasteiger partial charge in [-0.2, -0.15) is 0 Å². The van der Waals surface area contributed by atoms with Gasteiger partial charge >= 0.3 is 0 Å². The van der Waals surface area contributed by atoms with Gasteiger partial charge in [-0.05, 0) is 55.2 Å². The van der Waals surface area contributed by atoms with Crippen molar-refractivity contribution in [3.05, 3.63) is 35.1 Å². The van der Waals surface area contributed by atoms with Crippen LogP contribution in [-0.4, -0.2) is 5.11 Å². The summed E-state index contributed by atoms with van der Waals surface area (Å²) in [6.07, 6.45) is 3.57. The van der Waals surface area contributed by atoms with E-state index in [1.54, 1.807) is 19.1 Å². The Kier molecular flexibility index (Phi) is 3.03. The van der Waals surface area contributed by atoms with Crippen LogP contribution < -0.4 is 0 Å². The van der Waals surface area contributed by atoms with E-state index in [2.05, 4.69) is 13.8 Å². The average molecular weight is 236 g/mol. The van der Waals surface area contributed by atoms with Gasteiger partial charge in [0.05, 0.1) is 5.60 Å². The van der Waals surface area contributed by atoms with Gasteiger partial charge in [-0.25, -0.2) is 4.39 Å². The maximum absolute atomic E-state index is 13.2. The van der Waals surface area contributed by atoms with E-state index in [1.807, 2.05) is 0 Å². The first-order valence-electron chi connectivity index (χ1n) is 6.31. The fraction of sp³-hybridized carbons (Fsp3) is 0.600. The highest BCUT2D eigenvalue weighted by Gasteiger charge is 2.37. The molecule has 1 fully saturated rings. The molecule has 94 valence electrons. The largest absolute Gasteiger partial charge is 0.385 e. The smallest absolute Gasteiger partial charge is 0.126 e. The summed E-state index contributed by atoms with van der Waals surface area (Å²) in [5, 5.41) is 10.7. The van der Waals surface area contributed by atoms with Crippen LogP contribution >= 0.6 is 0 Å². The molecule has 1 aromatic rings. The van der Waals surface area contributed by atoms with Crippen LogP contribution in [0, 0.1) is 18.2 Å². The van der Waals surface area contributed by atoms with Crippen molar-refractivity contribution in [2.24, 2.45) is 5.41 Å². The summed E-state index contributed by atoms with van der Waals surface area (Å²) in [6.45, 7) is 6.22. The zero-order valence-electron chi connectivity index (χ0n) is 10.9. The van der Waals surface area contributed by atoms with Crippen molar-refractivity contribution in [2.45, 2.75) is 52.1 Å². The normalized spacial score (nSPS) is 22.4. The molecule has 1 aromatic carbocycles. The van der Waals surface area contributed by atoms with Gasteiger partial charge in [0.2, 0.25) is 0 Å². The molecule has 0 atom stereocenters. The van der Waals surface area contributed by atoms with Crippen LogP contribution in [0.3, 0.4) is 0 Å². The molecule has 0 heterocycles. The van der Waals surface area contributed by atoms with Crippen molar-refractivity contribution >= 4 is 0 Å². The Labute approximate surface area is 103 Å². The average Bonchev–Trinajstić information content (AvgIpc) is 2.27. The summed E-state index contributed by atoms with van der Waals surface area (Å²) < 4.78 is 13.2. The van der Waals surface area contributed by atoms with Gasteiger partial charge in [0, 0.05) is 0 Å². The SMILES string of the molecule is Cc1cc(C2(O)CCC(C)(C)CC2)ccc1F. The molecule has 0 spiro atoms. The number of rotatable bonds is 1. The van der Waals surface area contributed by atoms with E-state index in [4.69, 9.17) is 0 Å². The molecule has 1 aliphatic carbocycles. The minimum absolute atomic E-state index is 0.200. The van der Waals surface area contributed by atoms with Crippen LogP contribution in [0.15, 0.2) is 18.2 Å². The fourth-order valence-electron chi connectivity index (χ4n) is 2.56. The molecule has 0 bridgehead atoms. The molecule has 1 aliphatic rings. The highest BCUT2D eigenvalue weighted by atomic mass is 19.1. The molecule has 0 radical (unpaired) electrons. The first-order chi connectivity index (χ1) is 7.82. The second-order valence-electron chi connectivity index (χ2n) is 6.16. The van der Waals surface area contributed by atoms with Crippen LogP contribution in [0.4, 0.5) is 4.39 Å². The second-order valence-corrected chi connectivity index (χ2v) is 6.16. The Morgan fingerprint density at radius 1 is 1.12 bits per heavy atom. The monoisotopic (exact) mass is 236 g/mol. The van der Waals surface area contributed by atoms with E-state index in [1.165, 1.54) is 6.07 Å². The van der Waals surface area contributed by atoms with Crippen LogP contribution in [-0.2, 0) is 5.60 Å². The number of aliphatic hydroxyl groups is 1. The molecule has 1 saturated carbocycles. The zero-order valence-corrected chi connectivity index (χ0v) is 10.9. The van der Waals surface area contributed by atoms with Crippen LogP contribution in [0.2, 0.25) is 0 Å². The molecule has 17 heavy (non-hydrogen) atoms. The minimum atomic E-state index is -0.756. The lowest BCUT2D eigenvalue weighted by Crippen LogP contribution is -2.34. The number of aryl methyl sites for hydroxylation is 1. The third kappa shape index (κ3) is 2.52. The first-order valence-corrected chi connectivity index (χ1v) is 6.31. The topological polar surface area (TPSA) is 20.2 Å². The maximum atomic E-state index is 13.2. The lowest BCUT2D eigenvalue weighted by Gasteiger charge is -2.40. The molecular weight excluding hydrogens is 215 g/mol. The van der Waals surface area contributed by atoms with Gasteiger partial charge in [0.1, 0.15) is 5.82 Å². The van der Waals surface area contributed by atoms with Crippen molar-refractivity contribution < 1.29 is 9.50 Å². The summed E-state index contributed by atoms with van der Waals surface area (Å²) in [5.41, 5.74) is 1.04. The molecule has 0 saturated heterocycles. The molecule has 0 aromatic heterocycles. The van der Waals surface area contributed by atoms with Crippen LogP contribution in [0.1, 0.15) is 50.7 Å². The van der Waals surface area contributed by atoms with E-state index in [0.717, 1.165) is 31.2 Å². The van der Waals surface area contributed by atoms with E-state index in [9.17, 15) is 9.50 Å².